The lowest BCUT2D eigenvalue weighted by molar-refractivity contribution is 0.548. The Bertz CT molecular complexity index is 1970. The van der Waals surface area contributed by atoms with E-state index < -0.39 is 0 Å². The molecule has 0 unspecified atom stereocenters. The quantitative estimate of drug-likeness (QED) is 0.253. The fourth-order valence-corrected chi connectivity index (χ4v) is 5.44. The van der Waals surface area contributed by atoms with Gasteiger partial charge in [-0.05, 0) is 97.4 Å². The molecule has 0 fully saturated rings. The number of rotatable bonds is 2. The zero-order chi connectivity index (χ0) is 24.0. The lowest BCUT2D eigenvalue weighted by Gasteiger charge is -2.02. The van der Waals surface area contributed by atoms with Gasteiger partial charge < -0.3 is 17.7 Å². The molecule has 4 heteroatoms. The van der Waals surface area contributed by atoms with E-state index in [1.165, 1.54) is 0 Å². The van der Waals surface area contributed by atoms with E-state index in [-0.39, 0.29) is 0 Å². The number of hydrogen-bond donors (Lipinski definition) is 0. The average Bonchev–Trinajstić information content (AvgIpc) is 3.66. The van der Waals surface area contributed by atoms with Crippen molar-refractivity contribution in [1.29, 1.82) is 0 Å². The Kier molecular flexibility index (Phi) is 3.77. The number of furan rings is 4. The Morgan fingerprint density at radius 1 is 0.389 bits per heavy atom. The number of hydrogen-bond acceptors (Lipinski definition) is 4. The molecule has 0 amide bonds. The summed E-state index contributed by atoms with van der Waals surface area (Å²) >= 11 is 0. The van der Waals surface area contributed by atoms with Crippen LogP contribution in [0.3, 0.4) is 0 Å². The van der Waals surface area contributed by atoms with Crippen molar-refractivity contribution in [3.05, 3.63) is 96.4 Å². The molecule has 0 atom stereocenters. The van der Waals surface area contributed by atoms with Crippen LogP contribution in [0, 0.1) is 13.8 Å². The summed E-state index contributed by atoms with van der Waals surface area (Å²) in [7, 11) is 0. The second-order valence-corrected chi connectivity index (χ2v) is 9.42. The van der Waals surface area contributed by atoms with Crippen LogP contribution in [-0.4, -0.2) is 0 Å². The van der Waals surface area contributed by atoms with Gasteiger partial charge in [0.25, 0.3) is 0 Å². The van der Waals surface area contributed by atoms with Crippen molar-refractivity contribution in [2.24, 2.45) is 0 Å². The van der Waals surface area contributed by atoms with E-state index in [9.17, 15) is 0 Å². The lowest BCUT2D eigenvalue weighted by Crippen LogP contribution is -1.78. The van der Waals surface area contributed by atoms with Crippen molar-refractivity contribution in [1.82, 2.24) is 0 Å². The first-order valence-corrected chi connectivity index (χ1v) is 12.0. The maximum Gasteiger partial charge on any atom is 0.136 e. The highest BCUT2D eigenvalue weighted by atomic mass is 16.3. The van der Waals surface area contributed by atoms with Crippen LogP contribution in [-0.2, 0) is 0 Å². The summed E-state index contributed by atoms with van der Waals surface area (Å²) in [6.07, 6.45) is 0. The number of fused-ring (bicyclic) bond motifs is 9. The molecule has 0 bridgehead atoms. The minimum Gasteiger partial charge on any atom is -0.461 e. The summed E-state index contributed by atoms with van der Waals surface area (Å²) in [4.78, 5) is 0. The molecular formula is C32H20O4. The van der Waals surface area contributed by atoms with Crippen LogP contribution in [0.2, 0.25) is 0 Å². The molecule has 0 saturated carbocycles. The summed E-state index contributed by atoms with van der Waals surface area (Å²) < 4.78 is 24.2. The Hall–Kier alpha value is -4.70. The number of aryl methyl sites for hydroxylation is 2. The van der Waals surface area contributed by atoms with Gasteiger partial charge in [-0.15, -0.1) is 0 Å². The van der Waals surface area contributed by atoms with E-state index in [4.69, 9.17) is 17.7 Å². The molecule has 0 radical (unpaired) electrons. The van der Waals surface area contributed by atoms with E-state index in [1.54, 1.807) is 0 Å². The van der Waals surface area contributed by atoms with Gasteiger partial charge in [-0.3, -0.25) is 0 Å². The van der Waals surface area contributed by atoms with Gasteiger partial charge in [0.2, 0.25) is 0 Å². The first-order valence-electron chi connectivity index (χ1n) is 12.0. The highest BCUT2D eigenvalue weighted by Gasteiger charge is 2.17. The molecular weight excluding hydrogens is 448 g/mol. The molecule has 8 rings (SSSR count). The Balaban J connectivity index is 1.37. The van der Waals surface area contributed by atoms with Crippen LogP contribution in [0.4, 0.5) is 0 Å². The predicted molar refractivity (Wildman–Crippen MR) is 143 cm³/mol. The van der Waals surface area contributed by atoms with Crippen molar-refractivity contribution in [3.63, 3.8) is 0 Å². The van der Waals surface area contributed by atoms with Crippen molar-refractivity contribution in [2.45, 2.75) is 13.8 Å². The standard InChI is InChI=1S/C32H20O4/c1-17-3-11-25(33-17)19-5-7-23-29(15-19)35-27-13-9-22-21(31(23)27)10-14-28-32(22)24-8-6-20(16-30(24)36-28)26-12-4-18(2)34-26/h3-16H,1-2H3. The van der Waals surface area contributed by atoms with E-state index in [1.807, 2.05) is 38.1 Å². The normalized spacial score (nSPS) is 12.2. The minimum atomic E-state index is 0.843. The van der Waals surface area contributed by atoms with Crippen molar-refractivity contribution in [3.8, 4) is 22.6 Å². The molecule has 0 spiro atoms. The van der Waals surface area contributed by atoms with E-state index >= 15 is 0 Å². The number of benzene rings is 4. The van der Waals surface area contributed by atoms with E-state index in [0.717, 1.165) is 88.8 Å². The van der Waals surface area contributed by atoms with Gasteiger partial charge in [0.1, 0.15) is 45.4 Å². The van der Waals surface area contributed by atoms with Gasteiger partial charge in [0, 0.05) is 32.7 Å². The van der Waals surface area contributed by atoms with Crippen LogP contribution in [0.5, 0.6) is 0 Å². The van der Waals surface area contributed by atoms with Crippen molar-refractivity contribution >= 4 is 54.6 Å². The third-order valence-corrected chi connectivity index (χ3v) is 7.12. The van der Waals surface area contributed by atoms with Crippen molar-refractivity contribution in [2.75, 3.05) is 0 Å². The van der Waals surface area contributed by atoms with Gasteiger partial charge in [0.15, 0.2) is 0 Å². The third kappa shape index (κ3) is 2.70. The molecule has 36 heavy (non-hydrogen) atoms. The predicted octanol–water partition coefficient (Wildman–Crippen LogP) is 9.78. The Morgan fingerprint density at radius 2 is 0.833 bits per heavy atom. The highest BCUT2D eigenvalue weighted by Crippen LogP contribution is 2.42. The molecule has 0 N–H and O–H groups in total. The molecule has 0 aliphatic heterocycles. The van der Waals surface area contributed by atoms with Gasteiger partial charge >= 0.3 is 0 Å². The van der Waals surface area contributed by atoms with Crippen LogP contribution in [0.25, 0.3) is 77.3 Å². The molecule has 4 heterocycles. The molecule has 4 nitrogen and oxygen atoms in total. The monoisotopic (exact) mass is 468 g/mol. The highest BCUT2D eigenvalue weighted by molar-refractivity contribution is 6.27. The van der Waals surface area contributed by atoms with E-state index in [2.05, 4.69) is 60.7 Å². The molecule has 4 aromatic carbocycles. The van der Waals surface area contributed by atoms with Gasteiger partial charge in [0.05, 0.1) is 0 Å². The van der Waals surface area contributed by atoms with Crippen LogP contribution in [0.15, 0.2) is 103 Å². The molecule has 172 valence electrons. The van der Waals surface area contributed by atoms with Gasteiger partial charge in [-0.25, -0.2) is 0 Å². The Morgan fingerprint density at radius 3 is 1.25 bits per heavy atom. The zero-order valence-electron chi connectivity index (χ0n) is 19.7. The summed E-state index contributed by atoms with van der Waals surface area (Å²) in [6.45, 7) is 3.91. The smallest absolute Gasteiger partial charge is 0.136 e. The largest absolute Gasteiger partial charge is 0.461 e. The first kappa shape index (κ1) is 19.6. The second-order valence-electron chi connectivity index (χ2n) is 9.42. The zero-order valence-corrected chi connectivity index (χ0v) is 19.7. The lowest BCUT2D eigenvalue weighted by atomic mass is 9.98. The van der Waals surface area contributed by atoms with Crippen LogP contribution in [0.1, 0.15) is 11.5 Å². The average molecular weight is 469 g/mol. The fraction of sp³-hybridized carbons (Fsp3) is 0.0625. The molecule has 0 aliphatic carbocycles. The van der Waals surface area contributed by atoms with E-state index in [0.29, 0.717) is 0 Å². The summed E-state index contributed by atoms with van der Waals surface area (Å²) in [6, 6.07) is 28.9. The minimum absolute atomic E-state index is 0.843. The topological polar surface area (TPSA) is 52.6 Å². The first-order chi connectivity index (χ1) is 17.6. The summed E-state index contributed by atoms with van der Waals surface area (Å²) in [5.74, 6) is 3.47. The SMILES string of the molecule is Cc1ccc(-c2ccc3c(c2)oc2ccc4c(ccc5oc6cc(-c7ccc(C)o7)ccc6c54)c23)o1. The van der Waals surface area contributed by atoms with Crippen LogP contribution < -0.4 is 0 Å². The van der Waals surface area contributed by atoms with Crippen molar-refractivity contribution < 1.29 is 17.7 Å². The summed E-state index contributed by atoms with van der Waals surface area (Å²) in [5, 5.41) is 6.70. The Labute approximate surface area is 205 Å². The van der Waals surface area contributed by atoms with Gasteiger partial charge in [-0.2, -0.15) is 0 Å². The molecule has 0 aliphatic rings. The maximum atomic E-state index is 6.30. The van der Waals surface area contributed by atoms with Gasteiger partial charge in [-0.1, -0.05) is 12.1 Å². The van der Waals surface area contributed by atoms with Crippen LogP contribution >= 0.6 is 0 Å². The molecule has 4 aromatic heterocycles. The summed E-state index contributed by atoms with van der Waals surface area (Å²) in [5.41, 5.74) is 5.44. The molecule has 0 saturated heterocycles. The molecule has 8 aromatic rings. The third-order valence-electron chi connectivity index (χ3n) is 7.12. The second kappa shape index (κ2) is 6.92. The maximum absolute atomic E-state index is 6.30. The fourth-order valence-electron chi connectivity index (χ4n) is 5.44.